The molecule has 0 spiro atoms. The summed E-state index contributed by atoms with van der Waals surface area (Å²) < 4.78 is 16.4. The van der Waals surface area contributed by atoms with E-state index in [9.17, 15) is 19.7 Å². The zero-order valence-electron chi connectivity index (χ0n) is 24.7. The minimum atomic E-state index is -0.612. The number of benzene rings is 4. The first-order chi connectivity index (χ1) is 21.3. The number of carbonyl (C=O) groups excluding carboxylic acids is 2. The van der Waals surface area contributed by atoms with E-state index in [0.29, 0.717) is 36.8 Å². The molecule has 0 saturated heterocycles. The van der Waals surface area contributed by atoms with Gasteiger partial charge in [0, 0.05) is 30.4 Å². The molecule has 0 aromatic heterocycles. The van der Waals surface area contributed by atoms with Crippen LogP contribution >= 0.6 is 0 Å². The second-order valence-corrected chi connectivity index (χ2v) is 9.79. The Kier molecular flexibility index (Phi) is 10.9. The standard InChI is InChI=1S/C33H34N4O7/c1-22-7-4-5-8-23(22)21-34-17-6-18-44-31-20-27(43-3)14-16-29(31)33(39)36-30-19-25(37(40)41)11-15-28(30)32(38)35-24-9-12-26(42-2)13-10-24/h4-5,7-16,19-20,34H,6,17-18,21H2,1-3H3,(H,35,38)(H,36,39). The fourth-order valence-corrected chi connectivity index (χ4v) is 4.36. The number of hydrogen-bond acceptors (Lipinski definition) is 8. The Hall–Kier alpha value is -5.42. The van der Waals surface area contributed by atoms with Gasteiger partial charge in [-0.25, -0.2) is 0 Å². The Bertz CT molecular complexity index is 1620. The highest BCUT2D eigenvalue weighted by atomic mass is 16.6. The van der Waals surface area contributed by atoms with Crippen molar-refractivity contribution in [1.82, 2.24) is 5.32 Å². The molecule has 4 aromatic carbocycles. The third-order valence-corrected chi connectivity index (χ3v) is 6.82. The molecule has 0 atom stereocenters. The highest BCUT2D eigenvalue weighted by Gasteiger charge is 2.21. The summed E-state index contributed by atoms with van der Waals surface area (Å²) in [7, 11) is 3.04. The van der Waals surface area contributed by atoms with Gasteiger partial charge in [0.1, 0.15) is 17.2 Å². The maximum absolute atomic E-state index is 13.5. The summed E-state index contributed by atoms with van der Waals surface area (Å²) in [5.41, 5.74) is 2.81. The molecule has 0 aliphatic carbocycles. The SMILES string of the molecule is COc1ccc(NC(=O)c2ccc([N+](=O)[O-])cc2NC(=O)c2ccc(OC)cc2OCCCNCc2ccccc2C)cc1. The highest BCUT2D eigenvalue weighted by molar-refractivity contribution is 6.13. The average molecular weight is 599 g/mol. The molecule has 3 N–H and O–H groups in total. The number of non-ortho nitro benzene ring substituents is 1. The minimum Gasteiger partial charge on any atom is -0.497 e. The number of carbonyl (C=O) groups is 2. The smallest absolute Gasteiger partial charge is 0.271 e. The molecule has 0 aliphatic heterocycles. The lowest BCUT2D eigenvalue weighted by Gasteiger charge is -2.15. The molecule has 2 amide bonds. The number of rotatable bonds is 14. The quantitative estimate of drug-likeness (QED) is 0.0914. The number of hydrogen-bond donors (Lipinski definition) is 3. The zero-order valence-corrected chi connectivity index (χ0v) is 24.7. The lowest BCUT2D eigenvalue weighted by atomic mass is 10.1. The molecule has 0 saturated carbocycles. The van der Waals surface area contributed by atoms with Crippen molar-refractivity contribution in [3.05, 3.63) is 117 Å². The molecular weight excluding hydrogens is 564 g/mol. The largest absolute Gasteiger partial charge is 0.497 e. The predicted molar refractivity (Wildman–Crippen MR) is 168 cm³/mol. The van der Waals surface area contributed by atoms with Gasteiger partial charge in [-0.3, -0.25) is 19.7 Å². The molecule has 4 rings (SSSR count). The van der Waals surface area contributed by atoms with Crippen LogP contribution in [0.3, 0.4) is 0 Å². The Morgan fingerprint density at radius 2 is 1.50 bits per heavy atom. The molecule has 0 heterocycles. The van der Waals surface area contributed by atoms with Crippen LogP contribution in [0, 0.1) is 17.0 Å². The number of nitrogens with one attached hydrogen (secondary N) is 3. The van der Waals surface area contributed by atoms with Crippen molar-refractivity contribution in [1.29, 1.82) is 0 Å². The number of ether oxygens (including phenoxy) is 3. The van der Waals surface area contributed by atoms with Crippen molar-refractivity contribution in [3.8, 4) is 17.2 Å². The molecule has 11 heteroatoms. The van der Waals surface area contributed by atoms with Crippen LogP contribution in [0.1, 0.15) is 38.3 Å². The van der Waals surface area contributed by atoms with Gasteiger partial charge < -0.3 is 30.2 Å². The van der Waals surface area contributed by atoms with Gasteiger partial charge in [-0.1, -0.05) is 24.3 Å². The van der Waals surface area contributed by atoms with Crippen molar-refractivity contribution in [2.24, 2.45) is 0 Å². The van der Waals surface area contributed by atoms with Crippen molar-refractivity contribution >= 4 is 28.9 Å². The first kappa shape index (κ1) is 31.5. The molecule has 4 aromatic rings. The molecule has 44 heavy (non-hydrogen) atoms. The van der Waals surface area contributed by atoms with Crippen molar-refractivity contribution in [2.45, 2.75) is 19.9 Å². The van der Waals surface area contributed by atoms with Gasteiger partial charge in [-0.15, -0.1) is 0 Å². The lowest BCUT2D eigenvalue weighted by molar-refractivity contribution is -0.384. The van der Waals surface area contributed by atoms with Crippen LogP contribution in [0.25, 0.3) is 0 Å². The summed E-state index contributed by atoms with van der Waals surface area (Å²) >= 11 is 0. The monoisotopic (exact) mass is 598 g/mol. The maximum Gasteiger partial charge on any atom is 0.271 e. The summed E-state index contributed by atoms with van der Waals surface area (Å²) in [5, 5.41) is 20.3. The molecule has 228 valence electrons. The third kappa shape index (κ3) is 8.33. The second kappa shape index (κ2) is 15.2. The van der Waals surface area contributed by atoms with Gasteiger partial charge in [-0.2, -0.15) is 0 Å². The fraction of sp³-hybridized carbons (Fsp3) is 0.212. The van der Waals surface area contributed by atoms with Crippen LogP contribution in [0.2, 0.25) is 0 Å². The van der Waals surface area contributed by atoms with Gasteiger partial charge in [-0.05, 0) is 73.5 Å². The average Bonchev–Trinajstić information content (AvgIpc) is 3.03. The molecule has 11 nitrogen and oxygen atoms in total. The number of anilines is 2. The predicted octanol–water partition coefficient (Wildman–Crippen LogP) is 5.98. The third-order valence-electron chi connectivity index (χ3n) is 6.82. The number of amides is 2. The van der Waals surface area contributed by atoms with E-state index in [-0.39, 0.29) is 28.3 Å². The molecule has 0 bridgehead atoms. The Morgan fingerprint density at radius 1 is 0.818 bits per heavy atom. The van der Waals surface area contributed by atoms with Crippen molar-refractivity contribution < 1.29 is 28.7 Å². The minimum absolute atomic E-state index is 0.0302. The van der Waals surface area contributed by atoms with Crippen LogP contribution in [0.15, 0.2) is 84.9 Å². The van der Waals surface area contributed by atoms with Crippen LogP contribution in [-0.4, -0.2) is 44.1 Å². The van der Waals surface area contributed by atoms with Crippen molar-refractivity contribution in [3.63, 3.8) is 0 Å². The highest BCUT2D eigenvalue weighted by Crippen LogP contribution is 2.29. The molecule has 0 aliphatic rings. The summed E-state index contributed by atoms with van der Waals surface area (Å²) in [6.07, 6.45) is 0.671. The number of methoxy groups -OCH3 is 2. The lowest BCUT2D eigenvalue weighted by Crippen LogP contribution is -2.20. The van der Waals surface area contributed by atoms with Crippen LogP contribution in [0.4, 0.5) is 17.1 Å². The Labute approximate surface area is 255 Å². The second-order valence-electron chi connectivity index (χ2n) is 9.79. The van der Waals surface area contributed by atoms with Gasteiger partial charge in [0.25, 0.3) is 17.5 Å². The van der Waals surface area contributed by atoms with E-state index in [2.05, 4.69) is 35.0 Å². The fourth-order valence-electron chi connectivity index (χ4n) is 4.36. The normalized spacial score (nSPS) is 10.5. The number of aryl methyl sites for hydroxylation is 1. The Balaban J connectivity index is 1.47. The van der Waals surface area contributed by atoms with E-state index in [1.165, 1.54) is 43.5 Å². The molecule has 0 unspecified atom stereocenters. The summed E-state index contributed by atoms with van der Waals surface area (Å²) in [5.74, 6) is 0.200. The number of nitro benzene ring substituents is 1. The zero-order chi connectivity index (χ0) is 31.5. The van der Waals surface area contributed by atoms with Crippen LogP contribution in [0.5, 0.6) is 17.2 Å². The number of nitrogens with zero attached hydrogens (tertiary/aromatic N) is 1. The van der Waals surface area contributed by atoms with E-state index in [1.807, 2.05) is 12.1 Å². The van der Waals surface area contributed by atoms with Gasteiger partial charge in [0.05, 0.1) is 42.6 Å². The summed E-state index contributed by atoms with van der Waals surface area (Å²) in [4.78, 5) is 37.5. The maximum atomic E-state index is 13.5. The van der Waals surface area contributed by atoms with E-state index in [4.69, 9.17) is 14.2 Å². The first-order valence-electron chi connectivity index (χ1n) is 13.9. The van der Waals surface area contributed by atoms with E-state index >= 15 is 0 Å². The van der Waals surface area contributed by atoms with Gasteiger partial charge in [0.15, 0.2) is 0 Å². The molecule has 0 radical (unpaired) electrons. The van der Waals surface area contributed by atoms with E-state index in [0.717, 1.165) is 12.6 Å². The van der Waals surface area contributed by atoms with Gasteiger partial charge in [0.2, 0.25) is 0 Å². The van der Waals surface area contributed by atoms with E-state index in [1.54, 1.807) is 36.4 Å². The summed E-state index contributed by atoms with van der Waals surface area (Å²) in [6.45, 7) is 3.82. The van der Waals surface area contributed by atoms with E-state index < -0.39 is 16.7 Å². The van der Waals surface area contributed by atoms with Gasteiger partial charge >= 0.3 is 0 Å². The van der Waals surface area contributed by atoms with Crippen LogP contribution < -0.4 is 30.2 Å². The van der Waals surface area contributed by atoms with Crippen LogP contribution in [-0.2, 0) is 6.54 Å². The molecular formula is C33H34N4O7. The summed E-state index contributed by atoms with van der Waals surface area (Å²) in [6, 6.07) is 23.2. The number of nitro groups is 1. The van der Waals surface area contributed by atoms with Crippen molar-refractivity contribution in [2.75, 3.05) is 38.0 Å². The topological polar surface area (TPSA) is 141 Å². The molecule has 0 fully saturated rings. The first-order valence-corrected chi connectivity index (χ1v) is 13.9. The Morgan fingerprint density at radius 3 is 2.20 bits per heavy atom.